The zero-order valence-electron chi connectivity index (χ0n) is 14.1. The first kappa shape index (κ1) is 17.2. The molecule has 2 aromatic carbocycles. The van der Waals surface area contributed by atoms with Crippen molar-refractivity contribution in [3.63, 3.8) is 0 Å². The van der Waals surface area contributed by atoms with E-state index in [2.05, 4.69) is 27.6 Å². The van der Waals surface area contributed by atoms with Crippen molar-refractivity contribution < 1.29 is 4.79 Å². The highest BCUT2D eigenvalue weighted by molar-refractivity contribution is 6.42. The van der Waals surface area contributed by atoms with E-state index in [4.69, 9.17) is 23.2 Å². The summed E-state index contributed by atoms with van der Waals surface area (Å²) >= 11 is 12.3. The highest BCUT2D eigenvalue weighted by Crippen LogP contribution is 2.32. The lowest BCUT2D eigenvalue weighted by Gasteiger charge is -2.29. The SMILES string of the molecule is O=C(NCCc1ccc2cn[nH]c2c1)N1CCc2c(ccc(Cl)c2Cl)C1. The van der Waals surface area contributed by atoms with Crippen molar-refractivity contribution in [1.29, 1.82) is 0 Å². The fourth-order valence-electron chi connectivity index (χ4n) is 3.32. The number of aromatic amines is 1. The van der Waals surface area contributed by atoms with Crippen LogP contribution >= 0.6 is 23.2 Å². The number of carbonyl (C=O) groups excluding carboxylic acids is 1. The third-order valence-corrected chi connectivity index (χ3v) is 5.61. The maximum Gasteiger partial charge on any atom is 0.317 e. The van der Waals surface area contributed by atoms with Crippen LogP contribution in [-0.2, 0) is 19.4 Å². The number of carbonyl (C=O) groups is 1. The Morgan fingerprint density at radius 2 is 2.15 bits per heavy atom. The van der Waals surface area contributed by atoms with Gasteiger partial charge < -0.3 is 10.2 Å². The molecule has 0 saturated carbocycles. The van der Waals surface area contributed by atoms with Crippen LogP contribution in [0.1, 0.15) is 16.7 Å². The molecule has 0 aliphatic carbocycles. The summed E-state index contributed by atoms with van der Waals surface area (Å²) in [5, 5.41) is 12.3. The maximum atomic E-state index is 12.5. The lowest BCUT2D eigenvalue weighted by Crippen LogP contribution is -2.43. The third kappa shape index (κ3) is 3.37. The lowest BCUT2D eigenvalue weighted by atomic mass is 10.00. The van der Waals surface area contributed by atoms with Gasteiger partial charge in [0.2, 0.25) is 0 Å². The third-order valence-electron chi connectivity index (χ3n) is 4.77. The predicted molar refractivity (Wildman–Crippen MR) is 104 cm³/mol. The molecule has 0 bridgehead atoms. The fraction of sp³-hybridized carbons (Fsp3) is 0.263. The van der Waals surface area contributed by atoms with Crippen LogP contribution in [0.25, 0.3) is 10.9 Å². The number of H-pyrrole nitrogens is 1. The van der Waals surface area contributed by atoms with E-state index in [1.165, 1.54) is 0 Å². The van der Waals surface area contributed by atoms with Gasteiger partial charge in [-0.3, -0.25) is 5.10 Å². The number of rotatable bonds is 3. The average molecular weight is 389 g/mol. The Hall–Kier alpha value is -2.24. The number of benzene rings is 2. The van der Waals surface area contributed by atoms with Gasteiger partial charge in [0.15, 0.2) is 0 Å². The van der Waals surface area contributed by atoms with E-state index in [0.29, 0.717) is 29.7 Å². The van der Waals surface area contributed by atoms with Crippen molar-refractivity contribution in [2.24, 2.45) is 0 Å². The Bertz CT molecular complexity index is 969. The van der Waals surface area contributed by atoms with Gasteiger partial charge in [0, 0.05) is 25.0 Å². The first-order valence-electron chi connectivity index (χ1n) is 8.52. The number of halogens is 2. The zero-order chi connectivity index (χ0) is 18.1. The van der Waals surface area contributed by atoms with Crippen LogP contribution in [0, 0.1) is 0 Å². The smallest absolute Gasteiger partial charge is 0.317 e. The molecular weight excluding hydrogens is 371 g/mol. The van der Waals surface area contributed by atoms with Crippen LogP contribution in [0.4, 0.5) is 4.79 Å². The van der Waals surface area contributed by atoms with E-state index >= 15 is 0 Å². The Balaban J connectivity index is 1.34. The fourth-order valence-corrected chi connectivity index (χ4v) is 3.78. The van der Waals surface area contributed by atoms with Gasteiger partial charge in [-0.05, 0) is 41.7 Å². The summed E-state index contributed by atoms with van der Waals surface area (Å²) in [4.78, 5) is 14.3. The van der Waals surface area contributed by atoms with E-state index in [1.54, 1.807) is 12.3 Å². The molecule has 2 amide bonds. The molecule has 0 fully saturated rings. The molecule has 2 heterocycles. The number of hydrogen-bond acceptors (Lipinski definition) is 2. The number of fused-ring (bicyclic) bond motifs is 2. The van der Waals surface area contributed by atoms with Gasteiger partial charge in [0.25, 0.3) is 0 Å². The van der Waals surface area contributed by atoms with Crippen LogP contribution in [0.15, 0.2) is 36.5 Å². The molecule has 7 heteroatoms. The van der Waals surface area contributed by atoms with Gasteiger partial charge in [0.05, 0.1) is 21.8 Å². The van der Waals surface area contributed by atoms with Crippen molar-refractivity contribution in [3.05, 3.63) is 63.3 Å². The summed E-state index contributed by atoms with van der Waals surface area (Å²) in [6.45, 7) is 1.78. The topological polar surface area (TPSA) is 61.0 Å². The minimum atomic E-state index is -0.0515. The molecule has 1 aromatic heterocycles. The molecule has 3 aromatic rings. The van der Waals surface area contributed by atoms with Gasteiger partial charge in [0.1, 0.15) is 0 Å². The second kappa shape index (κ2) is 7.17. The minimum absolute atomic E-state index is 0.0515. The average Bonchev–Trinajstić information content (AvgIpc) is 3.12. The molecule has 0 radical (unpaired) electrons. The van der Waals surface area contributed by atoms with Crippen molar-refractivity contribution >= 4 is 40.1 Å². The normalized spacial score (nSPS) is 13.7. The van der Waals surface area contributed by atoms with Gasteiger partial charge in [-0.2, -0.15) is 5.10 Å². The Morgan fingerprint density at radius 3 is 3.04 bits per heavy atom. The summed E-state index contributed by atoms with van der Waals surface area (Å²) < 4.78 is 0. The van der Waals surface area contributed by atoms with Gasteiger partial charge in [-0.25, -0.2) is 4.79 Å². The highest BCUT2D eigenvalue weighted by atomic mass is 35.5. The molecule has 5 nitrogen and oxygen atoms in total. The second-order valence-corrected chi connectivity index (χ2v) is 7.23. The summed E-state index contributed by atoms with van der Waals surface area (Å²) in [6, 6.07) is 9.85. The molecule has 134 valence electrons. The van der Waals surface area contributed by atoms with Crippen molar-refractivity contribution in [2.75, 3.05) is 13.1 Å². The molecule has 26 heavy (non-hydrogen) atoms. The summed E-state index contributed by atoms with van der Waals surface area (Å²) in [5.41, 5.74) is 4.28. The first-order valence-corrected chi connectivity index (χ1v) is 9.28. The molecular formula is C19H18Cl2N4O. The number of aromatic nitrogens is 2. The Kier molecular flexibility index (Phi) is 4.74. The van der Waals surface area contributed by atoms with Crippen molar-refractivity contribution in [1.82, 2.24) is 20.4 Å². The van der Waals surface area contributed by atoms with Crippen LogP contribution in [0.2, 0.25) is 10.0 Å². The van der Waals surface area contributed by atoms with E-state index in [9.17, 15) is 4.79 Å². The Morgan fingerprint density at radius 1 is 1.27 bits per heavy atom. The van der Waals surface area contributed by atoms with Crippen LogP contribution < -0.4 is 5.32 Å². The van der Waals surface area contributed by atoms with E-state index in [1.807, 2.05) is 17.0 Å². The van der Waals surface area contributed by atoms with E-state index < -0.39 is 0 Å². The van der Waals surface area contributed by atoms with Crippen molar-refractivity contribution in [3.8, 4) is 0 Å². The van der Waals surface area contributed by atoms with Gasteiger partial charge in [-0.15, -0.1) is 0 Å². The minimum Gasteiger partial charge on any atom is -0.338 e. The monoisotopic (exact) mass is 388 g/mol. The highest BCUT2D eigenvalue weighted by Gasteiger charge is 2.22. The molecule has 0 saturated heterocycles. The van der Waals surface area contributed by atoms with Crippen LogP contribution in [0.3, 0.4) is 0 Å². The predicted octanol–water partition coefficient (Wildman–Crippen LogP) is 4.18. The first-order chi connectivity index (χ1) is 12.6. The van der Waals surface area contributed by atoms with Crippen molar-refractivity contribution in [2.45, 2.75) is 19.4 Å². The molecule has 1 aliphatic rings. The number of nitrogens with zero attached hydrogens (tertiary/aromatic N) is 2. The zero-order valence-corrected chi connectivity index (χ0v) is 15.6. The maximum absolute atomic E-state index is 12.5. The van der Waals surface area contributed by atoms with Crippen LogP contribution in [0.5, 0.6) is 0 Å². The lowest BCUT2D eigenvalue weighted by molar-refractivity contribution is 0.192. The molecule has 1 aliphatic heterocycles. The summed E-state index contributed by atoms with van der Waals surface area (Å²) in [6.07, 6.45) is 3.29. The van der Waals surface area contributed by atoms with E-state index in [0.717, 1.165) is 40.4 Å². The standard InChI is InChI=1S/C19H18Cl2N4O/c20-16-4-3-14-11-25(8-6-15(14)18(16)21)19(26)22-7-5-12-1-2-13-10-23-24-17(13)9-12/h1-4,9-10H,5-8,11H2,(H,22,26)(H,23,24). The number of hydrogen-bond donors (Lipinski definition) is 2. The summed E-state index contributed by atoms with van der Waals surface area (Å²) in [5.74, 6) is 0. The van der Waals surface area contributed by atoms with Gasteiger partial charge >= 0.3 is 6.03 Å². The largest absolute Gasteiger partial charge is 0.338 e. The van der Waals surface area contributed by atoms with E-state index in [-0.39, 0.29) is 6.03 Å². The molecule has 0 spiro atoms. The van der Waals surface area contributed by atoms with Crippen LogP contribution in [-0.4, -0.2) is 34.2 Å². The number of nitrogens with one attached hydrogen (secondary N) is 2. The molecule has 0 unspecified atom stereocenters. The molecule has 0 atom stereocenters. The number of urea groups is 1. The molecule has 2 N–H and O–H groups in total. The summed E-state index contributed by atoms with van der Waals surface area (Å²) in [7, 11) is 0. The quantitative estimate of drug-likeness (QED) is 0.706. The molecule has 4 rings (SSSR count). The second-order valence-electron chi connectivity index (χ2n) is 6.44. The Labute approximate surface area is 161 Å². The van der Waals surface area contributed by atoms with Gasteiger partial charge in [-0.1, -0.05) is 41.4 Å². The number of amides is 2.